The fourth-order valence-electron chi connectivity index (χ4n) is 2.25. The minimum absolute atomic E-state index is 0.221. The Morgan fingerprint density at radius 2 is 1.91 bits per heavy atom. The molecule has 0 fully saturated rings. The van der Waals surface area contributed by atoms with E-state index in [0.717, 1.165) is 10.9 Å². The fraction of sp³-hybridized carbons (Fsp3) is 0.0588. The maximum atomic E-state index is 12.6. The highest BCUT2D eigenvalue weighted by atomic mass is 16.2. The van der Waals surface area contributed by atoms with Gasteiger partial charge in [-0.2, -0.15) is 5.26 Å². The highest BCUT2D eigenvalue weighted by Crippen LogP contribution is 2.19. The van der Waals surface area contributed by atoms with Gasteiger partial charge in [-0.15, -0.1) is 0 Å². The summed E-state index contributed by atoms with van der Waals surface area (Å²) in [5.41, 5.74) is 1.72. The Hall–Kier alpha value is -3.26. The number of amides is 1. The van der Waals surface area contributed by atoms with Gasteiger partial charge in [-0.3, -0.25) is 14.7 Å². The Kier molecular flexibility index (Phi) is 3.50. The average molecular weight is 288 g/mol. The van der Waals surface area contributed by atoms with E-state index in [9.17, 15) is 4.79 Å². The summed E-state index contributed by atoms with van der Waals surface area (Å²) in [4.78, 5) is 22.4. The molecule has 0 saturated carbocycles. The second kappa shape index (κ2) is 5.62. The van der Waals surface area contributed by atoms with Crippen LogP contribution in [0.2, 0.25) is 0 Å². The first-order chi connectivity index (χ1) is 10.7. The predicted octanol–water partition coefficient (Wildman–Crippen LogP) is 2.78. The van der Waals surface area contributed by atoms with Gasteiger partial charge in [0.2, 0.25) is 0 Å². The smallest absolute Gasteiger partial charge is 0.259 e. The van der Waals surface area contributed by atoms with Crippen LogP contribution >= 0.6 is 0 Å². The highest BCUT2D eigenvalue weighted by molar-refractivity contribution is 6.07. The van der Waals surface area contributed by atoms with Crippen LogP contribution in [0.3, 0.4) is 0 Å². The summed E-state index contributed by atoms with van der Waals surface area (Å²) in [6.07, 6.45) is 3.27. The number of hydrogen-bond donors (Lipinski definition) is 0. The monoisotopic (exact) mass is 288 g/mol. The second-order valence-electron chi connectivity index (χ2n) is 4.76. The Bertz CT molecular complexity index is 898. The molecule has 5 heteroatoms. The first-order valence-corrected chi connectivity index (χ1v) is 6.68. The number of fused-ring (bicyclic) bond motifs is 1. The summed E-state index contributed by atoms with van der Waals surface area (Å²) in [6.45, 7) is 0. The molecule has 0 radical (unpaired) electrons. The Labute approximate surface area is 127 Å². The molecule has 0 aliphatic heterocycles. The number of aromatic nitrogens is 2. The van der Waals surface area contributed by atoms with Gasteiger partial charge < -0.3 is 0 Å². The molecular formula is C17H12N4O. The molecule has 2 aromatic heterocycles. The van der Waals surface area contributed by atoms with Crippen molar-refractivity contribution in [1.82, 2.24) is 9.97 Å². The molecule has 0 N–H and O–H groups in total. The van der Waals surface area contributed by atoms with Crippen molar-refractivity contribution >= 4 is 22.6 Å². The largest absolute Gasteiger partial charge is 0.295 e. The molecule has 0 saturated heterocycles. The third kappa shape index (κ3) is 2.38. The summed E-state index contributed by atoms with van der Waals surface area (Å²) >= 11 is 0. The molecule has 3 aromatic rings. The molecule has 0 unspecified atom stereocenters. The number of nitriles is 1. The summed E-state index contributed by atoms with van der Waals surface area (Å²) in [5, 5.41) is 10.0. The molecule has 3 rings (SSSR count). The lowest BCUT2D eigenvalue weighted by atomic mass is 10.1. The Morgan fingerprint density at radius 3 is 2.73 bits per heavy atom. The quantitative estimate of drug-likeness (QED) is 0.727. The van der Waals surface area contributed by atoms with E-state index < -0.39 is 0 Å². The number of hydrogen-bond acceptors (Lipinski definition) is 4. The van der Waals surface area contributed by atoms with Gasteiger partial charge in [-0.25, -0.2) is 4.98 Å². The van der Waals surface area contributed by atoms with Crippen molar-refractivity contribution in [3.63, 3.8) is 0 Å². The standard InChI is InChI=1S/C17H12N4O/c1-21(16-14(11-18)5-3-9-20-16)17(22)13-6-7-15-12(10-13)4-2-8-19-15/h2-10H,1H3. The molecule has 0 spiro atoms. The number of carbonyl (C=O) groups excluding carboxylic acids is 1. The topological polar surface area (TPSA) is 69.9 Å². The van der Waals surface area contributed by atoms with E-state index in [1.165, 1.54) is 4.90 Å². The number of anilines is 1. The Morgan fingerprint density at radius 1 is 1.14 bits per heavy atom. The zero-order chi connectivity index (χ0) is 15.5. The van der Waals surface area contributed by atoms with Crippen LogP contribution in [0.25, 0.3) is 10.9 Å². The number of rotatable bonds is 2. The van der Waals surface area contributed by atoms with Crippen molar-refractivity contribution < 1.29 is 4.79 Å². The first kappa shape index (κ1) is 13.7. The van der Waals surface area contributed by atoms with Crippen molar-refractivity contribution in [1.29, 1.82) is 5.26 Å². The van der Waals surface area contributed by atoms with Crippen LogP contribution in [-0.2, 0) is 0 Å². The average Bonchev–Trinajstić information content (AvgIpc) is 2.60. The molecule has 5 nitrogen and oxygen atoms in total. The van der Waals surface area contributed by atoms with Gasteiger partial charge in [0.25, 0.3) is 5.91 Å². The molecular weight excluding hydrogens is 276 g/mol. The van der Waals surface area contributed by atoms with Gasteiger partial charge in [-0.1, -0.05) is 6.07 Å². The van der Waals surface area contributed by atoms with Crippen molar-refractivity contribution in [3.05, 3.63) is 66.0 Å². The van der Waals surface area contributed by atoms with Crippen molar-refractivity contribution in [2.45, 2.75) is 0 Å². The fourth-order valence-corrected chi connectivity index (χ4v) is 2.25. The number of benzene rings is 1. The van der Waals surface area contributed by atoms with Gasteiger partial charge in [0.15, 0.2) is 5.82 Å². The maximum absolute atomic E-state index is 12.6. The SMILES string of the molecule is CN(C(=O)c1ccc2ncccc2c1)c1ncccc1C#N. The normalized spacial score (nSPS) is 10.2. The zero-order valence-electron chi connectivity index (χ0n) is 11.9. The van der Waals surface area contributed by atoms with Crippen LogP contribution in [-0.4, -0.2) is 22.9 Å². The second-order valence-corrected chi connectivity index (χ2v) is 4.76. The van der Waals surface area contributed by atoms with Crippen molar-refractivity contribution in [3.8, 4) is 6.07 Å². The lowest BCUT2D eigenvalue weighted by Crippen LogP contribution is -2.27. The van der Waals surface area contributed by atoms with E-state index in [4.69, 9.17) is 5.26 Å². The molecule has 2 heterocycles. The van der Waals surface area contributed by atoms with E-state index in [1.807, 2.05) is 18.2 Å². The summed E-state index contributed by atoms with van der Waals surface area (Å²) < 4.78 is 0. The van der Waals surface area contributed by atoms with Crippen molar-refractivity contribution in [2.75, 3.05) is 11.9 Å². The Balaban J connectivity index is 2.00. The van der Waals surface area contributed by atoms with E-state index in [-0.39, 0.29) is 5.91 Å². The lowest BCUT2D eigenvalue weighted by molar-refractivity contribution is 0.0992. The molecule has 0 bridgehead atoms. The van der Waals surface area contributed by atoms with E-state index >= 15 is 0 Å². The predicted molar refractivity (Wildman–Crippen MR) is 83.4 cm³/mol. The van der Waals surface area contributed by atoms with E-state index in [2.05, 4.69) is 9.97 Å². The van der Waals surface area contributed by atoms with E-state index in [0.29, 0.717) is 16.9 Å². The van der Waals surface area contributed by atoms with Crippen LogP contribution in [0, 0.1) is 11.3 Å². The van der Waals surface area contributed by atoms with Crippen LogP contribution in [0.5, 0.6) is 0 Å². The molecule has 0 aliphatic rings. The summed E-state index contributed by atoms with van der Waals surface area (Å²) in [7, 11) is 1.61. The first-order valence-electron chi connectivity index (χ1n) is 6.68. The van der Waals surface area contributed by atoms with Gasteiger partial charge in [0.1, 0.15) is 6.07 Å². The van der Waals surface area contributed by atoms with Crippen LogP contribution in [0.1, 0.15) is 15.9 Å². The molecule has 22 heavy (non-hydrogen) atoms. The summed E-state index contributed by atoms with van der Waals surface area (Å²) in [5.74, 6) is 0.127. The van der Waals surface area contributed by atoms with Gasteiger partial charge in [-0.05, 0) is 36.4 Å². The van der Waals surface area contributed by atoms with E-state index in [1.54, 1.807) is 49.8 Å². The van der Waals surface area contributed by atoms with Crippen molar-refractivity contribution in [2.24, 2.45) is 0 Å². The third-order valence-electron chi connectivity index (χ3n) is 3.38. The number of nitrogens with zero attached hydrogens (tertiary/aromatic N) is 4. The lowest BCUT2D eigenvalue weighted by Gasteiger charge is -2.17. The number of carbonyl (C=O) groups is 1. The molecule has 1 amide bonds. The zero-order valence-corrected chi connectivity index (χ0v) is 11.9. The minimum atomic E-state index is -0.221. The molecule has 1 aromatic carbocycles. The van der Waals surface area contributed by atoms with Gasteiger partial charge >= 0.3 is 0 Å². The van der Waals surface area contributed by atoms with Crippen LogP contribution in [0.4, 0.5) is 5.82 Å². The maximum Gasteiger partial charge on any atom is 0.259 e. The molecule has 106 valence electrons. The molecule has 0 atom stereocenters. The van der Waals surface area contributed by atoms with Gasteiger partial charge in [0.05, 0.1) is 11.1 Å². The van der Waals surface area contributed by atoms with Crippen LogP contribution < -0.4 is 4.90 Å². The van der Waals surface area contributed by atoms with Gasteiger partial charge in [0, 0.05) is 30.4 Å². The highest BCUT2D eigenvalue weighted by Gasteiger charge is 2.17. The number of pyridine rings is 2. The molecule has 0 aliphatic carbocycles. The summed E-state index contributed by atoms with van der Waals surface area (Å²) in [6, 6.07) is 14.4. The minimum Gasteiger partial charge on any atom is -0.295 e. The van der Waals surface area contributed by atoms with Crippen LogP contribution in [0.15, 0.2) is 54.9 Å². The third-order valence-corrected chi connectivity index (χ3v) is 3.38.